The first-order valence-corrected chi connectivity index (χ1v) is 5.78. The highest BCUT2D eigenvalue weighted by atomic mass is 35.5. The van der Waals surface area contributed by atoms with Gasteiger partial charge in [0.2, 0.25) is 5.69 Å². The lowest BCUT2D eigenvalue weighted by atomic mass is 10.3. The second-order valence-corrected chi connectivity index (χ2v) is 4.74. The largest absolute Gasteiger partial charge is 0.305 e. The summed E-state index contributed by atoms with van der Waals surface area (Å²) in [5.74, 6) is 0.450. The standard InChI is InChI=1S/C9H8ClN3O2S/c1-6(4-10)16-9-3-2-8(13(14)15)7(5-11)12-9/h2-3,6H,4H2,1H3. The zero-order valence-electron chi connectivity index (χ0n) is 8.38. The van der Waals surface area contributed by atoms with E-state index in [0.717, 1.165) is 0 Å². The molecule has 0 aliphatic heterocycles. The Hall–Kier alpha value is -1.32. The molecule has 0 N–H and O–H groups in total. The zero-order chi connectivity index (χ0) is 12.1. The van der Waals surface area contributed by atoms with E-state index in [0.29, 0.717) is 10.9 Å². The second-order valence-electron chi connectivity index (χ2n) is 2.97. The molecule has 1 aromatic rings. The van der Waals surface area contributed by atoms with Crippen molar-refractivity contribution in [2.45, 2.75) is 17.2 Å². The van der Waals surface area contributed by atoms with Gasteiger partial charge >= 0.3 is 5.69 Å². The fraction of sp³-hybridized carbons (Fsp3) is 0.333. The van der Waals surface area contributed by atoms with Crippen molar-refractivity contribution in [2.75, 3.05) is 5.88 Å². The predicted octanol–water partition coefficient (Wildman–Crippen LogP) is 2.58. The van der Waals surface area contributed by atoms with Crippen LogP contribution in [0.3, 0.4) is 0 Å². The average molecular weight is 258 g/mol. The summed E-state index contributed by atoms with van der Waals surface area (Å²) < 4.78 is 0. The van der Waals surface area contributed by atoms with Gasteiger partial charge < -0.3 is 0 Å². The van der Waals surface area contributed by atoms with Crippen LogP contribution >= 0.6 is 23.4 Å². The first kappa shape index (κ1) is 12.7. The third kappa shape index (κ3) is 3.08. The maximum Gasteiger partial charge on any atom is 0.305 e. The maximum absolute atomic E-state index is 10.6. The van der Waals surface area contributed by atoms with Crippen LogP contribution in [0.25, 0.3) is 0 Å². The van der Waals surface area contributed by atoms with Crippen LogP contribution in [0.2, 0.25) is 0 Å². The lowest BCUT2D eigenvalue weighted by Gasteiger charge is -2.05. The Kier molecular flexibility index (Phi) is 4.52. The van der Waals surface area contributed by atoms with Gasteiger partial charge in [0.1, 0.15) is 6.07 Å². The quantitative estimate of drug-likeness (QED) is 0.358. The van der Waals surface area contributed by atoms with Gasteiger partial charge in [0.05, 0.1) is 9.95 Å². The highest BCUT2D eigenvalue weighted by Gasteiger charge is 2.16. The van der Waals surface area contributed by atoms with Crippen molar-refractivity contribution in [1.82, 2.24) is 4.98 Å². The molecule has 1 atom stereocenters. The van der Waals surface area contributed by atoms with E-state index in [1.807, 2.05) is 6.92 Å². The smallest absolute Gasteiger partial charge is 0.258 e. The molecule has 0 saturated carbocycles. The van der Waals surface area contributed by atoms with E-state index in [4.69, 9.17) is 16.9 Å². The molecule has 16 heavy (non-hydrogen) atoms. The van der Waals surface area contributed by atoms with E-state index in [-0.39, 0.29) is 16.6 Å². The number of nitrogens with zero attached hydrogens (tertiary/aromatic N) is 3. The monoisotopic (exact) mass is 257 g/mol. The highest BCUT2D eigenvalue weighted by Crippen LogP contribution is 2.25. The number of nitro groups is 1. The molecular formula is C9H8ClN3O2S. The Bertz CT molecular complexity index is 447. The van der Waals surface area contributed by atoms with E-state index >= 15 is 0 Å². The summed E-state index contributed by atoms with van der Waals surface area (Å²) in [5, 5.41) is 20.0. The molecule has 0 aliphatic carbocycles. The van der Waals surface area contributed by atoms with Crippen LogP contribution in [0, 0.1) is 21.4 Å². The Morgan fingerprint density at radius 2 is 2.44 bits per heavy atom. The lowest BCUT2D eigenvalue weighted by molar-refractivity contribution is -0.385. The van der Waals surface area contributed by atoms with Gasteiger partial charge in [-0.3, -0.25) is 10.1 Å². The summed E-state index contributed by atoms with van der Waals surface area (Å²) in [7, 11) is 0. The lowest BCUT2D eigenvalue weighted by Crippen LogP contribution is -2.00. The second kappa shape index (κ2) is 5.68. The van der Waals surface area contributed by atoms with Crippen LogP contribution in [0.4, 0.5) is 5.69 Å². The average Bonchev–Trinajstić information content (AvgIpc) is 2.28. The molecule has 0 bridgehead atoms. The summed E-state index contributed by atoms with van der Waals surface area (Å²) in [4.78, 5) is 13.8. The van der Waals surface area contributed by atoms with Gasteiger partial charge in [-0.1, -0.05) is 6.92 Å². The van der Waals surface area contributed by atoms with E-state index in [2.05, 4.69) is 4.98 Å². The van der Waals surface area contributed by atoms with Crippen LogP contribution in [0.1, 0.15) is 12.6 Å². The van der Waals surface area contributed by atoms with E-state index in [1.54, 1.807) is 6.07 Å². The van der Waals surface area contributed by atoms with Crippen molar-refractivity contribution >= 4 is 29.1 Å². The number of aromatic nitrogens is 1. The van der Waals surface area contributed by atoms with E-state index < -0.39 is 4.92 Å². The molecule has 1 unspecified atom stereocenters. The topological polar surface area (TPSA) is 79.8 Å². The molecule has 7 heteroatoms. The van der Waals surface area contributed by atoms with Crippen molar-refractivity contribution in [3.63, 3.8) is 0 Å². The number of alkyl halides is 1. The van der Waals surface area contributed by atoms with Gasteiger partial charge in [-0.2, -0.15) is 5.26 Å². The van der Waals surface area contributed by atoms with Crippen LogP contribution in [0.15, 0.2) is 17.2 Å². The van der Waals surface area contributed by atoms with Crippen LogP contribution in [0.5, 0.6) is 0 Å². The number of halogens is 1. The molecule has 1 aromatic heterocycles. The fourth-order valence-corrected chi connectivity index (χ4v) is 1.92. The van der Waals surface area contributed by atoms with E-state index in [9.17, 15) is 10.1 Å². The number of rotatable bonds is 4. The molecule has 0 aliphatic rings. The van der Waals surface area contributed by atoms with Gasteiger partial charge in [-0.25, -0.2) is 4.98 Å². The van der Waals surface area contributed by atoms with Crippen LogP contribution in [-0.4, -0.2) is 21.0 Å². The predicted molar refractivity (Wildman–Crippen MR) is 61.6 cm³/mol. The molecule has 5 nitrogen and oxygen atoms in total. The number of thioether (sulfide) groups is 1. The minimum absolute atomic E-state index is 0.141. The third-order valence-corrected chi connectivity index (χ3v) is 3.37. The normalized spacial score (nSPS) is 11.8. The minimum Gasteiger partial charge on any atom is -0.258 e. The molecule has 0 fully saturated rings. The Morgan fingerprint density at radius 3 is 2.94 bits per heavy atom. The van der Waals surface area contributed by atoms with Gasteiger partial charge in [-0.05, 0) is 6.07 Å². The molecular weight excluding hydrogens is 250 g/mol. The van der Waals surface area contributed by atoms with Crippen molar-refractivity contribution in [2.24, 2.45) is 0 Å². The van der Waals surface area contributed by atoms with Crippen molar-refractivity contribution in [3.8, 4) is 6.07 Å². The Morgan fingerprint density at radius 1 is 1.75 bits per heavy atom. The molecule has 84 valence electrons. The summed E-state index contributed by atoms with van der Waals surface area (Å²) in [6.07, 6.45) is 0. The molecule has 0 aromatic carbocycles. The Labute approximate surface area is 102 Å². The minimum atomic E-state index is -0.620. The van der Waals surface area contributed by atoms with Crippen molar-refractivity contribution in [1.29, 1.82) is 5.26 Å². The number of pyridine rings is 1. The van der Waals surface area contributed by atoms with Gasteiger partial charge in [0.25, 0.3) is 0 Å². The molecule has 0 amide bonds. The molecule has 0 radical (unpaired) electrons. The zero-order valence-corrected chi connectivity index (χ0v) is 9.96. The first-order chi connectivity index (χ1) is 7.58. The van der Waals surface area contributed by atoms with Crippen LogP contribution < -0.4 is 0 Å². The number of hydrogen-bond donors (Lipinski definition) is 0. The van der Waals surface area contributed by atoms with Gasteiger partial charge in [0, 0.05) is 17.2 Å². The molecule has 1 heterocycles. The first-order valence-electron chi connectivity index (χ1n) is 4.36. The van der Waals surface area contributed by atoms with Crippen molar-refractivity contribution in [3.05, 3.63) is 27.9 Å². The molecule has 0 spiro atoms. The Balaban J connectivity index is 3.01. The maximum atomic E-state index is 10.6. The molecule has 1 rings (SSSR count). The molecule has 0 saturated heterocycles. The van der Waals surface area contributed by atoms with Crippen LogP contribution in [-0.2, 0) is 0 Å². The summed E-state index contributed by atoms with van der Waals surface area (Å²) >= 11 is 7.01. The third-order valence-electron chi connectivity index (χ3n) is 1.69. The van der Waals surface area contributed by atoms with Gasteiger partial charge in [-0.15, -0.1) is 23.4 Å². The summed E-state index contributed by atoms with van der Waals surface area (Å²) in [6.45, 7) is 1.91. The van der Waals surface area contributed by atoms with Gasteiger partial charge in [0.15, 0.2) is 0 Å². The summed E-state index contributed by atoms with van der Waals surface area (Å²) in [6, 6.07) is 4.52. The summed E-state index contributed by atoms with van der Waals surface area (Å²) in [5.41, 5.74) is -0.442. The fourth-order valence-electron chi connectivity index (χ4n) is 0.967. The van der Waals surface area contributed by atoms with Crippen molar-refractivity contribution < 1.29 is 4.92 Å². The SMILES string of the molecule is CC(CCl)Sc1ccc([N+](=O)[O-])c(C#N)n1. The van der Waals surface area contributed by atoms with E-state index in [1.165, 1.54) is 23.9 Å². The highest BCUT2D eigenvalue weighted by molar-refractivity contribution is 7.99. The number of nitriles is 1. The number of hydrogen-bond acceptors (Lipinski definition) is 5.